The van der Waals surface area contributed by atoms with Crippen molar-refractivity contribution in [2.75, 3.05) is 28.2 Å². The smallest absolute Gasteiger partial charge is 0.329 e. The maximum Gasteiger partial charge on any atom is 0.329 e. The molecule has 0 saturated carbocycles. The summed E-state index contributed by atoms with van der Waals surface area (Å²) in [7, 11) is 5.57. The van der Waals surface area contributed by atoms with E-state index in [1.807, 2.05) is 153 Å². The van der Waals surface area contributed by atoms with Gasteiger partial charge in [0, 0.05) is 53.4 Å². The number of carbonyl (C=O) groups is 8. The number of nitrogens with zero attached hydrogens (tertiary/aromatic N) is 8. The van der Waals surface area contributed by atoms with E-state index in [9.17, 15) is 28.8 Å². The molecule has 1 fully saturated rings. The van der Waals surface area contributed by atoms with Crippen molar-refractivity contribution in [3.05, 3.63) is 105 Å². The predicted octanol–water partition coefficient (Wildman–Crippen LogP) is 9.15. The quantitative estimate of drug-likeness (QED) is 0.0754. The molecule has 20 nitrogen and oxygen atoms in total. The second-order valence-electron chi connectivity index (χ2n) is 25.5. The van der Waals surface area contributed by atoms with Crippen molar-refractivity contribution in [1.29, 1.82) is 0 Å². The molecule has 5 rings (SSSR count). The highest BCUT2D eigenvalue weighted by Crippen LogP contribution is 2.30. The maximum atomic E-state index is 15.1. The number of benzene rings is 2. The molecule has 22 heteroatoms. The fourth-order valence-corrected chi connectivity index (χ4v) is 11.1. The molecule has 1 aliphatic rings. The number of carbonyl (C=O) groups excluding carboxylic acids is 8. The minimum Gasteiger partial charge on any atom is -0.451 e. The number of amides is 4. The minimum absolute atomic E-state index is 0.0721. The number of hydrogen-bond donors (Lipinski definition) is 0. The highest BCUT2D eigenvalue weighted by Gasteiger charge is 2.43. The topological polar surface area (TPSA) is 222 Å². The summed E-state index contributed by atoms with van der Waals surface area (Å²) in [6, 6.07) is 9.60. The van der Waals surface area contributed by atoms with Gasteiger partial charge < -0.3 is 38.5 Å². The normalized spacial score (nSPS) is 22.9. The molecule has 1 saturated heterocycles. The minimum atomic E-state index is -1.56. The van der Waals surface area contributed by atoms with Crippen LogP contribution in [0.1, 0.15) is 145 Å². The fraction of sp³-hybridized carbons (Fsp3) is 0.594. The Hall–Kier alpha value is -6.42. The zero-order valence-corrected chi connectivity index (χ0v) is 56.5. The lowest BCUT2D eigenvalue weighted by molar-refractivity contribution is -0.176. The van der Waals surface area contributed by atoms with Gasteiger partial charge in [0.15, 0.2) is 24.4 Å². The van der Waals surface area contributed by atoms with Crippen molar-refractivity contribution in [2.45, 2.75) is 195 Å². The van der Waals surface area contributed by atoms with Crippen molar-refractivity contribution in [2.24, 2.45) is 23.7 Å². The predicted molar refractivity (Wildman–Crippen MR) is 332 cm³/mol. The molecule has 4 amide bonds. The second kappa shape index (κ2) is 30.0. The monoisotopic (exact) mass is 1320 g/mol. The van der Waals surface area contributed by atoms with Crippen LogP contribution in [0.15, 0.2) is 82.3 Å². The Labute approximate surface area is 524 Å². The van der Waals surface area contributed by atoms with Gasteiger partial charge in [0.1, 0.15) is 24.2 Å². The molecule has 2 aromatic heterocycles. The summed E-state index contributed by atoms with van der Waals surface area (Å²) in [6.07, 6.45) is 0.973. The molecule has 2 aromatic carbocycles. The number of cyclic esters (lactones) is 4. The van der Waals surface area contributed by atoms with Gasteiger partial charge in [-0.1, -0.05) is 104 Å². The molecule has 8 atom stereocenters. The molecule has 0 radical (unpaired) electrons. The van der Waals surface area contributed by atoms with Crippen molar-refractivity contribution in [1.82, 2.24) is 39.2 Å². The molecule has 0 bridgehead atoms. The van der Waals surface area contributed by atoms with Crippen molar-refractivity contribution in [3.8, 4) is 0 Å². The van der Waals surface area contributed by atoms with Crippen LogP contribution in [0.2, 0.25) is 0 Å². The van der Waals surface area contributed by atoms with E-state index >= 15 is 9.59 Å². The van der Waals surface area contributed by atoms with E-state index in [0.717, 1.165) is 39.7 Å². The number of esters is 4. The first-order chi connectivity index (χ1) is 40.0. The van der Waals surface area contributed by atoms with Crippen LogP contribution < -0.4 is 0 Å². The average Bonchev–Trinajstić information content (AvgIpc) is 2.56. The molecule has 3 heterocycles. The maximum absolute atomic E-state index is 15.1. The molecule has 1 unspecified atom stereocenters. The SMILES string of the molecule is CC(C)CC1C(=O)O[C@H](C)C(=O)N(C)[C@@H](CC(C)C)C(=O)O[C@H](Cc2ccc(C(C)(C)n3cc(Br)cn3)cc2)C(=O)N(C)[C@@H](CC(C)C)C(=O)O[C@H](C)C(=O)N(C)[C@@H](CC(C)C)C(=O)O[C@H](Cc2ccc(C(C)(C)n3cc(Br)cn3)cc2)C(=O)N1C. The van der Waals surface area contributed by atoms with Crippen LogP contribution >= 0.6 is 31.9 Å². The van der Waals surface area contributed by atoms with Gasteiger partial charge in [-0.05, 0) is 145 Å². The lowest BCUT2D eigenvalue weighted by Gasteiger charge is -2.35. The summed E-state index contributed by atoms with van der Waals surface area (Å²) >= 11 is 6.95. The summed E-state index contributed by atoms with van der Waals surface area (Å²) in [5, 5.41) is 8.97. The van der Waals surface area contributed by atoms with Gasteiger partial charge >= 0.3 is 23.9 Å². The number of likely N-dealkylation sites (N-methyl/N-ethyl adjacent to an activating group) is 4. The zero-order chi connectivity index (χ0) is 64.4. The van der Waals surface area contributed by atoms with E-state index in [0.29, 0.717) is 11.1 Å². The molecule has 4 aromatic rings. The van der Waals surface area contributed by atoms with Gasteiger partial charge in [0.05, 0.1) is 32.4 Å². The first kappa shape index (κ1) is 70.3. The van der Waals surface area contributed by atoms with Gasteiger partial charge in [0.25, 0.3) is 23.6 Å². The average molecular weight is 1320 g/mol. The molecule has 86 heavy (non-hydrogen) atoms. The number of ether oxygens (including phenoxy) is 4. The summed E-state index contributed by atoms with van der Waals surface area (Å²) in [4.78, 5) is 123. The Kier molecular flexibility index (Phi) is 24.5. The van der Waals surface area contributed by atoms with Crippen molar-refractivity contribution in [3.63, 3.8) is 0 Å². The molecular weight excluding hydrogens is 1230 g/mol. The third-order valence-electron chi connectivity index (χ3n) is 15.9. The van der Waals surface area contributed by atoms with Crippen molar-refractivity contribution >= 4 is 79.4 Å². The van der Waals surface area contributed by atoms with Crippen molar-refractivity contribution < 1.29 is 57.3 Å². The van der Waals surface area contributed by atoms with Gasteiger partial charge in [-0.15, -0.1) is 0 Å². The molecule has 0 aliphatic carbocycles. The Morgan fingerprint density at radius 3 is 0.930 bits per heavy atom. The number of hydrogen-bond acceptors (Lipinski definition) is 14. The second-order valence-corrected chi connectivity index (χ2v) is 27.3. The Morgan fingerprint density at radius 2 is 0.686 bits per heavy atom. The van der Waals surface area contributed by atoms with Crippen LogP contribution in [0, 0.1) is 23.7 Å². The Morgan fingerprint density at radius 1 is 0.430 bits per heavy atom. The standard InChI is InChI=1S/C64H90Br2N8O12/c1-37(2)27-49-59(79)83-41(9)55(75)69(15)52(30-40(7)8)62(82)86-54(32-44-21-25-46(26-22-44)64(13,14)74-36-48(66)34-68-74)58(78)72(18)50(28-38(3)4)60(80)84-42(10)56(76)70(16)51(29-39(5)6)61(81)85-53(57(77)71(49)17)31-43-19-23-45(24-20-43)63(11,12)73-35-47(65)33-67-73/h19-26,33-42,49-54H,27-32H2,1-18H3/t41-,42-,49+,50?,51+,52+,53-,54-/m1/s1. The van der Waals surface area contributed by atoms with Gasteiger partial charge in [0.2, 0.25) is 0 Å². The van der Waals surface area contributed by atoms with E-state index in [4.69, 9.17) is 18.9 Å². The van der Waals surface area contributed by atoms with Crippen LogP contribution in [0.25, 0.3) is 0 Å². The third-order valence-corrected chi connectivity index (χ3v) is 16.7. The number of halogens is 2. The van der Waals surface area contributed by atoms with Crippen LogP contribution in [-0.4, -0.2) is 163 Å². The molecular formula is C64H90Br2N8O12. The lowest BCUT2D eigenvalue weighted by atomic mass is 9.92. The third kappa shape index (κ3) is 17.9. The van der Waals surface area contributed by atoms with Gasteiger partial charge in [-0.3, -0.25) is 28.5 Å². The highest BCUT2D eigenvalue weighted by atomic mass is 79.9. The van der Waals surface area contributed by atoms with E-state index in [-0.39, 0.29) is 62.2 Å². The zero-order valence-electron chi connectivity index (χ0n) is 53.3. The van der Waals surface area contributed by atoms with E-state index in [1.165, 1.54) is 42.0 Å². The Bertz CT molecular complexity index is 2790. The molecule has 0 N–H and O–H groups in total. The summed E-state index contributed by atoms with van der Waals surface area (Å²) in [5.41, 5.74) is 1.78. The van der Waals surface area contributed by atoms with Crippen LogP contribution in [0.5, 0.6) is 0 Å². The lowest BCUT2D eigenvalue weighted by Crippen LogP contribution is -2.55. The molecule has 1 aliphatic heterocycles. The molecule has 472 valence electrons. The fourth-order valence-electron chi connectivity index (χ4n) is 10.5. The Balaban J connectivity index is 1.61. The van der Waals surface area contributed by atoms with E-state index < -0.39 is 107 Å². The number of rotatable bonds is 16. The molecule has 0 spiro atoms. The highest BCUT2D eigenvalue weighted by molar-refractivity contribution is 9.10. The van der Waals surface area contributed by atoms with E-state index in [1.54, 1.807) is 12.4 Å². The van der Waals surface area contributed by atoms with Crippen LogP contribution in [0.4, 0.5) is 0 Å². The summed E-state index contributed by atoms with van der Waals surface area (Å²) < 4.78 is 29.6. The first-order valence-electron chi connectivity index (χ1n) is 29.5. The largest absolute Gasteiger partial charge is 0.451 e. The first-order valence-corrected chi connectivity index (χ1v) is 31.1. The summed E-state index contributed by atoms with van der Waals surface area (Å²) in [5.74, 6) is -7.54. The number of aromatic nitrogens is 4. The summed E-state index contributed by atoms with van der Waals surface area (Å²) in [6.45, 7) is 25.5. The van der Waals surface area contributed by atoms with Crippen LogP contribution in [0.3, 0.4) is 0 Å². The van der Waals surface area contributed by atoms with Gasteiger partial charge in [-0.25, -0.2) is 19.2 Å². The van der Waals surface area contributed by atoms with E-state index in [2.05, 4.69) is 42.1 Å². The van der Waals surface area contributed by atoms with Crippen LogP contribution in [-0.2, 0) is 81.2 Å². The van der Waals surface area contributed by atoms with Gasteiger partial charge in [-0.2, -0.15) is 10.2 Å².